The first kappa shape index (κ1) is 15.9. The Morgan fingerprint density at radius 2 is 2.17 bits per heavy atom. The van der Waals surface area contributed by atoms with E-state index in [4.69, 9.17) is 16.3 Å². The third kappa shape index (κ3) is 3.85. The zero-order chi connectivity index (χ0) is 16.9. The lowest BCUT2D eigenvalue weighted by Crippen LogP contribution is -2.20. The lowest BCUT2D eigenvalue weighted by molar-refractivity contribution is -0.118. The normalized spacial score (nSPS) is 10.4. The molecule has 122 valence electrons. The van der Waals surface area contributed by atoms with Crippen LogP contribution in [0.3, 0.4) is 0 Å². The molecule has 0 unspecified atom stereocenters. The second kappa shape index (κ2) is 7.05. The monoisotopic (exact) mass is 347 g/mol. The molecule has 0 saturated heterocycles. The Morgan fingerprint density at radius 1 is 1.29 bits per heavy atom. The fourth-order valence-electron chi connectivity index (χ4n) is 1.92. The summed E-state index contributed by atoms with van der Waals surface area (Å²) in [6.07, 6.45) is 1.44. The van der Waals surface area contributed by atoms with Crippen molar-refractivity contribution in [3.8, 4) is 11.4 Å². The van der Waals surface area contributed by atoms with Crippen LogP contribution in [-0.2, 0) is 4.79 Å². The van der Waals surface area contributed by atoms with E-state index in [0.29, 0.717) is 16.5 Å². The second-order valence-electron chi connectivity index (χ2n) is 4.71. The van der Waals surface area contributed by atoms with Crippen molar-refractivity contribution in [2.75, 3.05) is 11.9 Å². The molecule has 3 aromatic rings. The Kier molecular flexibility index (Phi) is 4.66. The van der Waals surface area contributed by atoms with Gasteiger partial charge in [-0.3, -0.25) is 4.79 Å². The molecule has 1 N–H and O–H groups in total. The Bertz CT molecular complexity index is 857. The molecule has 7 nitrogen and oxygen atoms in total. The molecule has 0 aliphatic carbocycles. The molecule has 0 bridgehead atoms. The van der Waals surface area contributed by atoms with Crippen LogP contribution in [-0.4, -0.2) is 32.7 Å². The van der Waals surface area contributed by atoms with Crippen molar-refractivity contribution in [2.45, 2.75) is 0 Å². The summed E-state index contributed by atoms with van der Waals surface area (Å²) in [5.41, 5.74) is 0.678. The van der Waals surface area contributed by atoms with E-state index in [2.05, 4.69) is 20.8 Å². The second-order valence-corrected chi connectivity index (χ2v) is 5.15. The highest BCUT2D eigenvalue weighted by Gasteiger charge is 2.09. The van der Waals surface area contributed by atoms with E-state index in [0.717, 1.165) is 0 Å². The van der Waals surface area contributed by atoms with E-state index in [1.165, 1.54) is 29.2 Å². The van der Waals surface area contributed by atoms with Crippen LogP contribution in [0.15, 0.2) is 48.8 Å². The Hall–Kier alpha value is -3.00. The highest BCUT2D eigenvalue weighted by molar-refractivity contribution is 6.30. The van der Waals surface area contributed by atoms with Gasteiger partial charge in [0.1, 0.15) is 17.9 Å². The van der Waals surface area contributed by atoms with Crippen molar-refractivity contribution in [3.63, 3.8) is 0 Å². The minimum atomic E-state index is -0.576. The molecule has 0 spiro atoms. The van der Waals surface area contributed by atoms with Crippen molar-refractivity contribution in [1.29, 1.82) is 0 Å². The highest BCUT2D eigenvalue weighted by atomic mass is 35.5. The lowest BCUT2D eigenvalue weighted by atomic mass is 10.3. The molecule has 0 saturated carbocycles. The average Bonchev–Trinajstić information content (AvgIpc) is 3.11. The number of halogens is 2. The Morgan fingerprint density at radius 3 is 2.96 bits per heavy atom. The first-order valence-corrected chi connectivity index (χ1v) is 7.21. The molecule has 9 heteroatoms. The van der Waals surface area contributed by atoms with Gasteiger partial charge in [0.25, 0.3) is 5.91 Å². The predicted octanol–water partition coefficient (Wildman–Crippen LogP) is 2.47. The number of carbonyl (C=O) groups excluding carboxylic acids is 1. The van der Waals surface area contributed by atoms with Crippen molar-refractivity contribution in [1.82, 2.24) is 20.2 Å². The van der Waals surface area contributed by atoms with E-state index >= 15 is 0 Å². The van der Waals surface area contributed by atoms with Gasteiger partial charge in [-0.05, 0) is 40.8 Å². The number of amides is 1. The summed E-state index contributed by atoms with van der Waals surface area (Å²) in [5.74, 6) is -0.637. The maximum absolute atomic E-state index is 13.6. The fourth-order valence-corrected chi connectivity index (χ4v) is 2.10. The van der Waals surface area contributed by atoms with Gasteiger partial charge in [0.05, 0.1) is 11.4 Å². The van der Waals surface area contributed by atoms with Gasteiger partial charge in [-0.2, -0.15) is 0 Å². The molecule has 1 amide bonds. The number of benzene rings is 2. The van der Waals surface area contributed by atoms with E-state index in [-0.39, 0.29) is 12.3 Å². The third-order valence-corrected chi connectivity index (χ3v) is 3.24. The summed E-state index contributed by atoms with van der Waals surface area (Å²) in [6, 6.07) is 10.8. The summed E-state index contributed by atoms with van der Waals surface area (Å²) in [4.78, 5) is 11.9. The summed E-state index contributed by atoms with van der Waals surface area (Å²) < 4.78 is 20.4. The molecule has 0 atom stereocenters. The molecule has 3 rings (SSSR count). The summed E-state index contributed by atoms with van der Waals surface area (Å²) in [6.45, 7) is -0.287. The van der Waals surface area contributed by atoms with Crippen LogP contribution in [0.1, 0.15) is 0 Å². The highest BCUT2D eigenvalue weighted by Crippen LogP contribution is 2.20. The molecule has 0 aliphatic rings. The van der Waals surface area contributed by atoms with Crippen LogP contribution < -0.4 is 10.1 Å². The van der Waals surface area contributed by atoms with E-state index in [1.54, 1.807) is 24.3 Å². The van der Waals surface area contributed by atoms with E-state index < -0.39 is 11.7 Å². The molecule has 2 aromatic carbocycles. The van der Waals surface area contributed by atoms with Gasteiger partial charge < -0.3 is 10.1 Å². The van der Waals surface area contributed by atoms with Crippen molar-refractivity contribution < 1.29 is 13.9 Å². The van der Waals surface area contributed by atoms with Crippen LogP contribution in [0, 0.1) is 5.82 Å². The number of aromatic nitrogens is 4. The summed E-state index contributed by atoms with van der Waals surface area (Å²) in [7, 11) is 0. The van der Waals surface area contributed by atoms with Crippen molar-refractivity contribution in [3.05, 3.63) is 59.6 Å². The number of carbonyl (C=O) groups is 1. The fraction of sp³-hybridized carbons (Fsp3) is 0.0667. The molecule has 1 heterocycles. The predicted molar refractivity (Wildman–Crippen MR) is 84.7 cm³/mol. The molecular weight excluding hydrogens is 337 g/mol. The molecule has 0 aliphatic heterocycles. The van der Waals surface area contributed by atoms with E-state index in [1.807, 2.05) is 0 Å². The summed E-state index contributed by atoms with van der Waals surface area (Å²) >= 11 is 5.77. The Labute approximate surface area is 141 Å². The van der Waals surface area contributed by atoms with E-state index in [9.17, 15) is 9.18 Å². The summed E-state index contributed by atoms with van der Waals surface area (Å²) in [5, 5.41) is 13.6. The SMILES string of the molecule is O=C(COc1cccc(-n2cnnn2)c1)Nc1cc(Cl)ccc1F. The topological polar surface area (TPSA) is 81.9 Å². The zero-order valence-electron chi connectivity index (χ0n) is 12.2. The maximum atomic E-state index is 13.6. The molecule has 0 fully saturated rings. The number of ether oxygens (including phenoxy) is 1. The standard InChI is InChI=1S/C15H11ClFN5O2/c16-10-4-5-13(17)14(6-10)19-15(23)8-24-12-3-1-2-11(7-12)22-9-18-20-21-22/h1-7,9H,8H2,(H,19,23). The number of rotatable bonds is 5. The van der Waals surface area contributed by atoms with Gasteiger partial charge in [-0.25, -0.2) is 9.07 Å². The number of nitrogens with one attached hydrogen (secondary N) is 1. The van der Waals surface area contributed by atoms with Gasteiger partial charge in [0, 0.05) is 11.1 Å². The minimum Gasteiger partial charge on any atom is -0.484 e. The number of tetrazole rings is 1. The number of hydrogen-bond acceptors (Lipinski definition) is 5. The Balaban J connectivity index is 1.62. The maximum Gasteiger partial charge on any atom is 0.262 e. The lowest BCUT2D eigenvalue weighted by Gasteiger charge is -2.09. The number of hydrogen-bond donors (Lipinski definition) is 1. The molecular formula is C15H11ClFN5O2. The van der Waals surface area contributed by atoms with Crippen molar-refractivity contribution in [2.24, 2.45) is 0 Å². The minimum absolute atomic E-state index is 0.00135. The van der Waals surface area contributed by atoms with Crippen LogP contribution in [0.5, 0.6) is 5.75 Å². The third-order valence-electron chi connectivity index (χ3n) is 3.00. The molecule has 1 aromatic heterocycles. The van der Waals surface area contributed by atoms with Gasteiger partial charge in [-0.1, -0.05) is 17.7 Å². The molecule has 0 radical (unpaired) electrons. The van der Waals surface area contributed by atoms with Gasteiger partial charge in [0.2, 0.25) is 0 Å². The van der Waals surface area contributed by atoms with Crippen LogP contribution in [0.2, 0.25) is 5.02 Å². The zero-order valence-corrected chi connectivity index (χ0v) is 12.9. The largest absolute Gasteiger partial charge is 0.484 e. The van der Waals surface area contributed by atoms with Gasteiger partial charge >= 0.3 is 0 Å². The van der Waals surface area contributed by atoms with Crippen LogP contribution in [0.25, 0.3) is 5.69 Å². The number of nitrogens with zero attached hydrogens (tertiary/aromatic N) is 4. The average molecular weight is 348 g/mol. The molecule has 24 heavy (non-hydrogen) atoms. The van der Waals surface area contributed by atoms with Gasteiger partial charge in [0.15, 0.2) is 6.61 Å². The van der Waals surface area contributed by atoms with Crippen LogP contribution >= 0.6 is 11.6 Å². The smallest absolute Gasteiger partial charge is 0.262 e. The first-order chi connectivity index (χ1) is 11.6. The first-order valence-electron chi connectivity index (χ1n) is 6.83. The van der Waals surface area contributed by atoms with Gasteiger partial charge in [-0.15, -0.1) is 5.10 Å². The number of anilines is 1. The quantitative estimate of drug-likeness (QED) is 0.766. The van der Waals surface area contributed by atoms with Crippen LogP contribution in [0.4, 0.5) is 10.1 Å². The van der Waals surface area contributed by atoms with Crippen molar-refractivity contribution >= 4 is 23.2 Å².